The summed E-state index contributed by atoms with van der Waals surface area (Å²) in [6, 6.07) is 10.9. The first kappa shape index (κ1) is 14.8. The lowest BCUT2D eigenvalue weighted by Gasteiger charge is -2.05. The number of nitriles is 1. The standard InChI is InChI=1S/C16H16N4Si/c1-21(2,3)8-7-14-10-15(18)20-16(19-14)13-6-4-5-12(9-13)11-17/h4-6,9-10H,1-3H3,(H2,18,19,20). The summed E-state index contributed by atoms with van der Waals surface area (Å²) in [6.07, 6.45) is 0. The molecule has 0 saturated heterocycles. The zero-order chi connectivity index (χ0) is 15.5. The van der Waals surface area contributed by atoms with Gasteiger partial charge < -0.3 is 5.73 Å². The zero-order valence-corrected chi connectivity index (χ0v) is 13.3. The fourth-order valence-electron chi connectivity index (χ4n) is 1.64. The maximum atomic E-state index is 8.96. The van der Waals surface area contributed by atoms with Gasteiger partial charge in [0, 0.05) is 11.6 Å². The van der Waals surface area contributed by atoms with Gasteiger partial charge in [0.25, 0.3) is 0 Å². The van der Waals surface area contributed by atoms with Crippen LogP contribution in [0.2, 0.25) is 19.6 Å². The van der Waals surface area contributed by atoms with E-state index in [2.05, 4.69) is 47.1 Å². The Labute approximate surface area is 125 Å². The molecule has 5 heteroatoms. The summed E-state index contributed by atoms with van der Waals surface area (Å²) in [7, 11) is -1.47. The quantitative estimate of drug-likeness (QED) is 0.647. The van der Waals surface area contributed by atoms with Crippen molar-refractivity contribution in [3.05, 3.63) is 41.6 Å². The van der Waals surface area contributed by atoms with Crippen molar-refractivity contribution >= 4 is 13.9 Å². The summed E-state index contributed by atoms with van der Waals surface area (Å²) < 4.78 is 0. The van der Waals surface area contributed by atoms with E-state index in [1.165, 1.54) is 0 Å². The highest BCUT2D eigenvalue weighted by molar-refractivity contribution is 6.83. The van der Waals surface area contributed by atoms with E-state index >= 15 is 0 Å². The van der Waals surface area contributed by atoms with Gasteiger partial charge in [-0.05, 0) is 12.1 Å². The second kappa shape index (κ2) is 5.78. The number of nitrogens with zero attached hydrogens (tertiary/aromatic N) is 3. The Hall–Kier alpha value is -2.63. The van der Waals surface area contributed by atoms with Gasteiger partial charge in [-0.3, -0.25) is 0 Å². The zero-order valence-electron chi connectivity index (χ0n) is 12.3. The van der Waals surface area contributed by atoms with E-state index in [-0.39, 0.29) is 0 Å². The number of anilines is 1. The van der Waals surface area contributed by atoms with Crippen LogP contribution in [0.3, 0.4) is 0 Å². The third-order valence-corrected chi connectivity index (χ3v) is 3.44. The normalized spacial score (nSPS) is 10.4. The molecule has 2 aromatic rings. The summed E-state index contributed by atoms with van der Waals surface area (Å²) in [5.74, 6) is 3.95. The molecule has 2 N–H and O–H groups in total. The van der Waals surface area contributed by atoms with Crippen molar-refractivity contribution in [2.45, 2.75) is 19.6 Å². The minimum atomic E-state index is -1.47. The minimum Gasteiger partial charge on any atom is -0.384 e. The van der Waals surface area contributed by atoms with Crippen LogP contribution in [0.25, 0.3) is 11.4 Å². The molecule has 4 nitrogen and oxygen atoms in total. The maximum Gasteiger partial charge on any atom is 0.162 e. The van der Waals surface area contributed by atoms with Crippen molar-refractivity contribution in [3.63, 3.8) is 0 Å². The summed E-state index contributed by atoms with van der Waals surface area (Å²) >= 11 is 0. The number of benzene rings is 1. The molecule has 104 valence electrons. The largest absolute Gasteiger partial charge is 0.384 e. The van der Waals surface area contributed by atoms with E-state index in [1.54, 1.807) is 24.3 Å². The van der Waals surface area contributed by atoms with Crippen molar-refractivity contribution in [1.82, 2.24) is 9.97 Å². The van der Waals surface area contributed by atoms with Gasteiger partial charge in [-0.25, -0.2) is 9.97 Å². The molecule has 0 aliphatic heterocycles. The highest BCUT2D eigenvalue weighted by Gasteiger charge is 2.09. The molecule has 0 amide bonds. The molecule has 0 aliphatic carbocycles. The van der Waals surface area contributed by atoms with Crippen molar-refractivity contribution in [3.8, 4) is 28.9 Å². The number of aromatic nitrogens is 2. The van der Waals surface area contributed by atoms with Crippen molar-refractivity contribution in [2.75, 3.05) is 5.73 Å². The van der Waals surface area contributed by atoms with Crippen LogP contribution in [-0.2, 0) is 0 Å². The molecule has 0 radical (unpaired) electrons. The fraction of sp³-hybridized carbons (Fsp3) is 0.188. The van der Waals surface area contributed by atoms with Gasteiger partial charge >= 0.3 is 0 Å². The van der Waals surface area contributed by atoms with Gasteiger partial charge in [-0.15, -0.1) is 5.54 Å². The van der Waals surface area contributed by atoms with E-state index in [9.17, 15) is 0 Å². The van der Waals surface area contributed by atoms with Crippen LogP contribution in [0.1, 0.15) is 11.3 Å². The Morgan fingerprint density at radius 3 is 2.57 bits per heavy atom. The summed E-state index contributed by atoms with van der Waals surface area (Å²) in [4.78, 5) is 8.66. The van der Waals surface area contributed by atoms with Crippen LogP contribution in [-0.4, -0.2) is 18.0 Å². The van der Waals surface area contributed by atoms with Gasteiger partial charge in [-0.2, -0.15) is 5.26 Å². The second-order valence-electron chi connectivity index (χ2n) is 5.69. The van der Waals surface area contributed by atoms with Crippen LogP contribution in [0.15, 0.2) is 30.3 Å². The molecular formula is C16H16N4Si. The number of rotatable bonds is 1. The molecule has 0 spiro atoms. The van der Waals surface area contributed by atoms with E-state index in [0.29, 0.717) is 22.9 Å². The van der Waals surface area contributed by atoms with E-state index in [1.807, 2.05) is 6.07 Å². The first-order valence-electron chi connectivity index (χ1n) is 6.56. The van der Waals surface area contributed by atoms with E-state index < -0.39 is 8.07 Å². The Bertz CT molecular complexity index is 773. The first-order valence-corrected chi connectivity index (χ1v) is 10.1. The van der Waals surface area contributed by atoms with Crippen LogP contribution in [0.4, 0.5) is 5.82 Å². The number of nitrogen functional groups attached to an aromatic ring is 1. The van der Waals surface area contributed by atoms with Gasteiger partial charge in [0.05, 0.1) is 11.6 Å². The lowest BCUT2D eigenvalue weighted by Crippen LogP contribution is -2.16. The highest BCUT2D eigenvalue weighted by Crippen LogP contribution is 2.18. The molecule has 0 atom stereocenters. The highest BCUT2D eigenvalue weighted by atomic mass is 28.3. The van der Waals surface area contributed by atoms with Crippen LogP contribution in [0, 0.1) is 22.8 Å². The molecule has 21 heavy (non-hydrogen) atoms. The predicted molar refractivity (Wildman–Crippen MR) is 86.8 cm³/mol. The SMILES string of the molecule is C[Si](C)(C)C#Cc1cc(N)nc(-c2cccc(C#N)c2)n1. The molecule has 1 aromatic heterocycles. The first-order chi connectivity index (χ1) is 9.87. The molecule has 1 aromatic carbocycles. The Morgan fingerprint density at radius 1 is 1.14 bits per heavy atom. The lowest BCUT2D eigenvalue weighted by atomic mass is 10.1. The van der Waals surface area contributed by atoms with E-state index in [0.717, 1.165) is 5.56 Å². The van der Waals surface area contributed by atoms with Crippen LogP contribution < -0.4 is 5.73 Å². The molecule has 2 rings (SSSR count). The lowest BCUT2D eigenvalue weighted by molar-refractivity contribution is 1.16. The van der Waals surface area contributed by atoms with Gasteiger partial charge in [0.1, 0.15) is 19.6 Å². The summed E-state index contributed by atoms with van der Waals surface area (Å²) in [5, 5.41) is 8.96. The molecule has 0 fully saturated rings. The third-order valence-electron chi connectivity index (χ3n) is 2.56. The van der Waals surface area contributed by atoms with Gasteiger partial charge in [0.2, 0.25) is 0 Å². The van der Waals surface area contributed by atoms with Crippen molar-refractivity contribution < 1.29 is 0 Å². The van der Waals surface area contributed by atoms with Crippen LogP contribution >= 0.6 is 0 Å². The van der Waals surface area contributed by atoms with Crippen LogP contribution in [0.5, 0.6) is 0 Å². The Balaban J connectivity index is 2.48. The number of hydrogen-bond acceptors (Lipinski definition) is 4. The number of hydrogen-bond donors (Lipinski definition) is 1. The monoisotopic (exact) mass is 292 g/mol. The minimum absolute atomic E-state index is 0.377. The summed E-state index contributed by atoms with van der Waals surface area (Å²) in [5.41, 5.74) is 11.0. The predicted octanol–water partition coefficient (Wildman–Crippen LogP) is 2.83. The Morgan fingerprint density at radius 2 is 1.90 bits per heavy atom. The molecule has 1 heterocycles. The third kappa shape index (κ3) is 4.17. The fourth-order valence-corrected chi connectivity index (χ4v) is 2.14. The van der Waals surface area contributed by atoms with Crippen molar-refractivity contribution in [1.29, 1.82) is 5.26 Å². The van der Waals surface area contributed by atoms with E-state index in [4.69, 9.17) is 11.0 Å². The molecule has 0 aliphatic rings. The average molecular weight is 292 g/mol. The van der Waals surface area contributed by atoms with Crippen molar-refractivity contribution in [2.24, 2.45) is 0 Å². The van der Waals surface area contributed by atoms with Gasteiger partial charge in [-0.1, -0.05) is 37.7 Å². The maximum absolute atomic E-state index is 8.96. The number of nitrogens with two attached hydrogens (primary N) is 1. The topological polar surface area (TPSA) is 75.6 Å². The molecular weight excluding hydrogens is 276 g/mol. The Kier molecular flexibility index (Phi) is 4.07. The van der Waals surface area contributed by atoms with Gasteiger partial charge in [0.15, 0.2) is 5.82 Å². The molecule has 0 bridgehead atoms. The second-order valence-corrected chi connectivity index (χ2v) is 10.4. The smallest absolute Gasteiger partial charge is 0.162 e. The average Bonchev–Trinajstić information content (AvgIpc) is 2.44. The molecule has 0 saturated carbocycles. The summed E-state index contributed by atoms with van der Waals surface area (Å²) in [6.45, 7) is 6.51. The molecule has 0 unspecified atom stereocenters.